The molecule has 1 rings (SSSR count). The van der Waals surface area contributed by atoms with Crippen LogP contribution in [0.4, 0.5) is 0 Å². The Labute approximate surface area is 101 Å². The summed E-state index contributed by atoms with van der Waals surface area (Å²) in [5.41, 5.74) is 5.36. The highest BCUT2D eigenvalue weighted by molar-refractivity contribution is 4.92. The van der Waals surface area contributed by atoms with Crippen molar-refractivity contribution in [1.82, 2.24) is 0 Å². The Morgan fingerprint density at radius 1 is 1.44 bits per heavy atom. The molecule has 1 aliphatic rings. The van der Waals surface area contributed by atoms with Crippen LogP contribution in [0.3, 0.4) is 0 Å². The normalized spacial score (nSPS) is 33.0. The molecule has 2 nitrogen and oxygen atoms in total. The van der Waals surface area contributed by atoms with E-state index in [-0.39, 0.29) is 0 Å². The van der Waals surface area contributed by atoms with Gasteiger partial charge in [0.05, 0.1) is 5.60 Å². The van der Waals surface area contributed by atoms with Crippen LogP contribution in [0.25, 0.3) is 0 Å². The van der Waals surface area contributed by atoms with Crippen molar-refractivity contribution >= 4 is 0 Å². The van der Waals surface area contributed by atoms with Crippen molar-refractivity contribution in [3.8, 4) is 0 Å². The Balaban J connectivity index is 2.66. The second-order valence-corrected chi connectivity index (χ2v) is 5.93. The van der Waals surface area contributed by atoms with Gasteiger partial charge in [0.15, 0.2) is 0 Å². The molecule has 0 spiro atoms. The van der Waals surface area contributed by atoms with E-state index in [1.165, 1.54) is 12.8 Å². The third-order valence-electron chi connectivity index (χ3n) is 4.42. The Morgan fingerprint density at radius 2 is 2.12 bits per heavy atom. The van der Waals surface area contributed by atoms with Gasteiger partial charge >= 0.3 is 0 Å². The van der Waals surface area contributed by atoms with Crippen LogP contribution in [0.15, 0.2) is 0 Å². The molecular formula is C14H29NO. The van der Waals surface area contributed by atoms with Gasteiger partial charge in [-0.2, -0.15) is 0 Å². The third-order valence-corrected chi connectivity index (χ3v) is 4.42. The summed E-state index contributed by atoms with van der Waals surface area (Å²) in [5.74, 6) is 1.68. The smallest absolute Gasteiger partial charge is 0.0690 e. The summed E-state index contributed by atoms with van der Waals surface area (Å²) in [6.45, 7) is 7.35. The summed E-state index contributed by atoms with van der Waals surface area (Å²) in [6, 6.07) is 0. The van der Waals surface area contributed by atoms with Gasteiger partial charge in [0.1, 0.15) is 0 Å². The topological polar surface area (TPSA) is 46.2 Å². The molecule has 0 aliphatic heterocycles. The third kappa shape index (κ3) is 3.21. The minimum absolute atomic E-state index is 0.305. The molecule has 1 fully saturated rings. The summed E-state index contributed by atoms with van der Waals surface area (Å²) in [4.78, 5) is 0. The Kier molecular flexibility index (Phi) is 5.26. The largest absolute Gasteiger partial charge is 0.390 e. The fraction of sp³-hybridized carbons (Fsp3) is 1.00. The highest BCUT2D eigenvalue weighted by Crippen LogP contribution is 2.41. The second kappa shape index (κ2) is 6.02. The molecule has 1 saturated carbocycles. The summed E-state index contributed by atoms with van der Waals surface area (Å²) < 4.78 is 0. The zero-order chi connectivity index (χ0) is 12.2. The highest BCUT2D eigenvalue weighted by Gasteiger charge is 2.40. The minimum Gasteiger partial charge on any atom is -0.390 e. The fourth-order valence-corrected chi connectivity index (χ4v) is 3.22. The molecular weight excluding hydrogens is 198 g/mol. The summed E-state index contributed by atoms with van der Waals surface area (Å²) in [7, 11) is 0. The van der Waals surface area contributed by atoms with Crippen molar-refractivity contribution in [2.75, 3.05) is 6.54 Å². The van der Waals surface area contributed by atoms with E-state index in [0.717, 1.165) is 25.7 Å². The molecule has 1 aliphatic carbocycles. The standard InChI is InChI=1S/C14H29NO/c1-4-6-13(10-15)14(16)8-5-7-12(9-14)11(2)3/h11-13,16H,4-10,15H2,1-3H3. The summed E-state index contributed by atoms with van der Waals surface area (Å²) in [5, 5.41) is 10.8. The molecule has 96 valence electrons. The molecule has 0 amide bonds. The number of hydrogen-bond donors (Lipinski definition) is 2. The number of aliphatic hydroxyl groups is 1. The van der Waals surface area contributed by atoms with Crippen molar-refractivity contribution in [2.24, 2.45) is 23.5 Å². The van der Waals surface area contributed by atoms with Crippen LogP contribution in [0.5, 0.6) is 0 Å². The molecule has 3 atom stereocenters. The minimum atomic E-state index is -0.474. The quantitative estimate of drug-likeness (QED) is 0.758. The van der Waals surface area contributed by atoms with Crippen LogP contribution < -0.4 is 5.73 Å². The monoisotopic (exact) mass is 227 g/mol. The van der Waals surface area contributed by atoms with E-state index >= 15 is 0 Å². The first-order valence-electron chi connectivity index (χ1n) is 6.96. The van der Waals surface area contributed by atoms with E-state index in [9.17, 15) is 5.11 Å². The SMILES string of the molecule is CCCC(CN)C1(O)CCCC(C(C)C)C1. The molecule has 0 aromatic heterocycles. The van der Waals surface area contributed by atoms with Crippen LogP contribution in [0.1, 0.15) is 59.3 Å². The molecule has 0 aromatic rings. The molecule has 0 saturated heterocycles. The number of hydrogen-bond acceptors (Lipinski definition) is 2. The predicted octanol–water partition coefficient (Wildman–Crippen LogP) is 2.94. The zero-order valence-corrected chi connectivity index (χ0v) is 11.2. The van der Waals surface area contributed by atoms with Crippen LogP contribution in [0, 0.1) is 17.8 Å². The molecule has 16 heavy (non-hydrogen) atoms. The maximum absolute atomic E-state index is 10.8. The van der Waals surface area contributed by atoms with E-state index in [2.05, 4.69) is 20.8 Å². The molecule has 3 N–H and O–H groups in total. The average molecular weight is 227 g/mol. The van der Waals surface area contributed by atoms with Crippen molar-refractivity contribution in [1.29, 1.82) is 0 Å². The Morgan fingerprint density at radius 3 is 2.62 bits per heavy atom. The lowest BCUT2D eigenvalue weighted by atomic mass is 9.67. The van der Waals surface area contributed by atoms with Gasteiger partial charge in [-0.25, -0.2) is 0 Å². The Hall–Kier alpha value is -0.0800. The van der Waals surface area contributed by atoms with Crippen molar-refractivity contribution in [3.63, 3.8) is 0 Å². The molecule has 0 radical (unpaired) electrons. The number of nitrogens with two attached hydrogens (primary N) is 1. The first-order chi connectivity index (χ1) is 7.53. The van der Waals surface area contributed by atoms with E-state index in [1.54, 1.807) is 0 Å². The average Bonchev–Trinajstić information content (AvgIpc) is 2.25. The first kappa shape index (κ1) is 14.0. The van der Waals surface area contributed by atoms with Gasteiger partial charge in [0.25, 0.3) is 0 Å². The van der Waals surface area contributed by atoms with E-state index in [1.807, 2.05) is 0 Å². The molecule has 0 bridgehead atoms. The zero-order valence-electron chi connectivity index (χ0n) is 11.2. The van der Waals surface area contributed by atoms with Gasteiger partial charge in [-0.05, 0) is 50.0 Å². The Bertz CT molecular complexity index is 205. The summed E-state index contributed by atoms with van der Waals surface area (Å²) in [6.07, 6.45) is 6.56. The van der Waals surface area contributed by atoms with Gasteiger partial charge in [0, 0.05) is 0 Å². The van der Waals surface area contributed by atoms with Crippen molar-refractivity contribution in [3.05, 3.63) is 0 Å². The van der Waals surface area contributed by atoms with Gasteiger partial charge in [-0.1, -0.05) is 33.6 Å². The second-order valence-electron chi connectivity index (χ2n) is 5.93. The fourth-order valence-electron chi connectivity index (χ4n) is 3.22. The summed E-state index contributed by atoms with van der Waals surface area (Å²) >= 11 is 0. The van der Waals surface area contributed by atoms with Gasteiger partial charge in [-0.15, -0.1) is 0 Å². The van der Waals surface area contributed by atoms with Crippen LogP contribution in [-0.2, 0) is 0 Å². The van der Waals surface area contributed by atoms with E-state index < -0.39 is 5.60 Å². The van der Waals surface area contributed by atoms with Crippen LogP contribution in [0.2, 0.25) is 0 Å². The van der Waals surface area contributed by atoms with Gasteiger partial charge in [0.2, 0.25) is 0 Å². The van der Waals surface area contributed by atoms with E-state index in [4.69, 9.17) is 5.73 Å². The van der Waals surface area contributed by atoms with Gasteiger partial charge < -0.3 is 10.8 Å². The molecule has 2 heteroatoms. The maximum atomic E-state index is 10.8. The molecule has 0 aromatic carbocycles. The predicted molar refractivity (Wildman–Crippen MR) is 69.2 cm³/mol. The highest BCUT2D eigenvalue weighted by atomic mass is 16.3. The lowest BCUT2D eigenvalue weighted by molar-refractivity contribution is -0.0712. The van der Waals surface area contributed by atoms with Crippen molar-refractivity contribution < 1.29 is 5.11 Å². The molecule has 0 heterocycles. The maximum Gasteiger partial charge on any atom is 0.0690 e. The number of rotatable bonds is 5. The van der Waals surface area contributed by atoms with Gasteiger partial charge in [-0.3, -0.25) is 0 Å². The molecule has 3 unspecified atom stereocenters. The van der Waals surface area contributed by atoms with Crippen LogP contribution >= 0.6 is 0 Å². The van der Waals surface area contributed by atoms with Crippen LogP contribution in [-0.4, -0.2) is 17.3 Å². The van der Waals surface area contributed by atoms with Crippen molar-refractivity contribution in [2.45, 2.75) is 64.9 Å². The first-order valence-corrected chi connectivity index (χ1v) is 6.96. The lowest BCUT2D eigenvalue weighted by Crippen LogP contribution is -2.46. The van der Waals surface area contributed by atoms with E-state index in [0.29, 0.717) is 24.3 Å². The lowest BCUT2D eigenvalue weighted by Gasteiger charge is -2.43.